The quantitative estimate of drug-likeness (QED) is 0.873. The average Bonchev–Trinajstić information content (AvgIpc) is 3.04. The molecule has 1 saturated heterocycles. The summed E-state index contributed by atoms with van der Waals surface area (Å²) in [7, 11) is 0. The number of carbonyl (C=O) groups is 2. The van der Waals surface area contributed by atoms with E-state index in [0.29, 0.717) is 24.0 Å². The van der Waals surface area contributed by atoms with Crippen molar-refractivity contribution < 1.29 is 14.7 Å². The summed E-state index contributed by atoms with van der Waals surface area (Å²) >= 11 is 0. The third-order valence-electron chi connectivity index (χ3n) is 4.08. The van der Waals surface area contributed by atoms with Gasteiger partial charge in [0.25, 0.3) is 0 Å². The molecule has 7 heteroatoms. The number of carbonyl (C=O) groups excluding carboxylic acids is 1. The minimum absolute atomic E-state index is 0.0471. The van der Waals surface area contributed by atoms with Gasteiger partial charge in [-0.15, -0.1) is 0 Å². The van der Waals surface area contributed by atoms with E-state index in [0.717, 1.165) is 6.42 Å². The number of aromatic nitrogens is 2. The van der Waals surface area contributed by atoms with Crippen molar-refractivity contribution in [3.63, 3.8) is 0 Å². The van der Waals surface area contributed by atoms with E-state index in [1.54, 1.807) is 23.1 Å². The zero-order valence-corrected chi connectivity index (χ0v) is 12.0. The maximum absolute atomic E-state index is 12.5. The first-order chi connectivity index (χ1) is 10.6. The minimum Gasteiger partial charge on any atom is -0.481 e. The second kappa shape index (κ2) is 5.67. The highest BCUT2D eigenvalue weighted by Gasteiger charge is 2.30. The summed E-state index contributed by atoms with van der Waals surface area (Å²) in [6, 6.07) is 6.90. The Balaban J connectivity index is 1.82. The molecule has 0 bridgehead atoms. The van der Waals surface area contributed by atoms with E-state index < -0.39 is 5.97 Å². The Morgan fingerprint density at radius 3 is 2.86 bits per heavy atom. The molecule has 0 spiro atoms. The molecule has 0 radical (unpaired) electrons. The Hall–Kier alpha value is -2.57. The van der Waals surface area contributed by atoms with Gasteiger partial charge in [-0.3, -0.25) is 14.2 Å². The zero-order valence-electron chi connectivity index (χ0n) is 12.0. The smallest absolute Gasteiger partial charge is 0.326 e. The van der Waals surface area contributed by atoms with Crippen molar-refractivity contribution in [1.29, 1.82) is 0 Å². The van der Waals surface area contributed by atoms with Crippen LogP contribution in [0.3, 0.4) is 0 Å². The molecule has 3 rings (SSSR count). The molecule has 22 heavy (non-hydrogen) atoms. The number of amides is 1. The first-order valence-corrected chi connectivity index (χ1v) is 7.25. The normalized spacial score (nSPS) is 18.0. The number of nitrogens with one attached hydrogen (secondary N) is 1. The van der Waals surface area contributed by atoms with E-state index in [1.165, 1.54) is 4.57 Å². The first kappa shape index (κ1) is 14.4. The average molecular weight is 303 g/mol. The Bertz CT molecular complexity index is 776. The molecule has 1 aromatic carbocycles. The molecule has 1 amide bonds. The molecule has 116 valence electrons. The third-order valence-corrected chi connectivity index (χ3v) is 4.08. The van der Waals surface area contributed by atoms with Crippen molar-refractivity contribution in [1.82, 2.24) is 14.5 Å². The summed E-state index contributed by atoms with van der Waals surface area (Å²) in [5.41, 5.74) is 1.03. The highest BCUT2D eigenvalue weighted by atomic mass is 16.4. The van der Waals surface area contributed by atoms with Crippen molar-refractivity contribution in [2.24, 2.45) is 0 Å². The molecule has 1 aliphatic rings. The monoisotopic (exact) mass is 303 g/mol. The summed E-state index contributed by atoms with van der Waals surface area (Å²) in [5, 5.41) is 8.92. The van der Waals surface area contributed by atoms with Crippen LogP contribution in [-0.4, -0.2) is 44.0 Å². The number of imidazole rings is 1. The van der Waals surface area contributed by atoms with Gasteiger partial charge in [0.15, 0.2) is 0 Å². The second-order valence-electron chi connectivity index (χ2n) is 5.51. The Labute approximate surface area is 126 Å². The maximum atomic E-state index is 12.5. The number of likely N-dealkylation sites (tertiary alicyclic amines) is 1. The SMILES string of the molecule is O=C(O)CC1CCCN1C(=O)Cn1c(=O)[nH]c2ccccc21. The molecule has 1 atom stereocenters. The van der Waals surface area contributed by atoms with Crippen LogP contribution in [0.1, 0.15) is 19.3 Å². The summed E-state index contributed by atoms with van der Waals surface area (Å²) in [6.45, 7) is 0.479. The van der Waals surface area contributed by atoms with Crippen LogP contribution in [0, 0.1) is 0 Å². The molecule has 0 aliphatic carbocycles. The Morgan fingerprint density at radius 1 is 1.32 bits per heavy atom. The van der Waals surface area contributed by atoms with Gasteiger partial charge in [-0.2, -0.15) is 0 Å². The maximum Gasteiger partial charge on any atom is 0.326 e. The van der Waals surface area contributed by atoms with Gasteiger partial charge in [-0.25, -0.2) is 4.79 Å². The van der Waals surface area contributed by atoms with Crippen molar-refractivity contribution in [2.75, 3.05) is 6.54 Å². The summed E-state index contributed by atoms with van der Waals surface area (Å²) < 4.78 is 1.40. The third kappa shape index (κ3) is 2.61. The largest absolute Gasteiger partial charge is 0.481 e. The molecule has 1 aliphatic heterocycles. The topological polar surface area (TPSA) is 95.4 Å². The van der Waals surface area contributed by atoms with Gasteiger partial charge in [0.1, 0.15) is 6.54 Å². The van der Waals surface area contributed by atoms with Gasteiger partial charge in [-0.1, -0.05) is 12.1 Å². The van der Waals surface area contributed by atoms with Crippen LogP contribution in [-0.2, 0) is 16.1 Å². The lowest BCUT2D eigenvalue weighted by Gasteiger charge is -2.23. The second-order valence-corrected chi connectivity index (χ2v) is 5.51. The Kier molecular flexibility index (Phi) is 3.70. The van der Waals surface area contributed by atoms with Gasteiger partial charge >= 0.3 is 11.7 Å². The predicted molar refractivity (Wildman–Crippen MR) is 79.5 cm³/mol. The number of rotatable bonds is 4. The number of carboxylic acids is 1. The number of carboxylic acid groups (broad SMARTS) is 1. The first-order valence-electron chi connectivity index (χ1n) is 7.25. The number of para-hydroxylation sites is 2. The van der Waals surface area contributed by atoms with Crippen molar-refractivity contribution in [2.45, 2.75) is 31.8 Å². The van der Waals surface area contributed by atoms with Crippen LogP contribution in [0.15, 0.2) is 29.1 Å². The van der Waals surface area contributed by atoms with Crippen LogP contribution >= 0.6 is 0 Å². The number of nitrogens with zero attached hydrogens (tertiary/aromatic N) is 2. The van der Waals surface area contributed by atoms with Crippen molar-refractivity contribution in [3.05, 3.63) is 34.7 Å². The van der Waals surface area contributed by atoms with Crippen LogP contribution in [0.5, 0.6) is 0 Å². The molecule has 1 aromatic heterocycles. The molecule has 2 heterocycles. The van der Waals surface area contributed by atoms with Crippen molar-refractivity contribution >= 4 is 22.9 Å². The minimum atomic E-state index is -0.908. The van der Waals surface area contributed by atoms with E-state index in [9.17, 15) is 14.4 Å². The summed E-state index contributed by atoms with van der Waals surface area (Å²) in [5.74, 6) is -1.12. The fourth-order valence-electron chi connectivity index (χ4n) is 3.07. The lowest BCUT2D eigenvalue weighted by Crippen LogP contribution is -2.40. The highest BCUT2D eigenvalue weighted by molar-refractivity contribution is 5.81. The molecule has 1 unspecified atom stereocenters. The summed E-state index contributed by atoms with van der Waals surface area (Å²) in [4.78, 5) is 39.6. The van der Waals surface area contributed by atoms with Gasteiger partial charge in [0, 0.05) is 12.6 Å². The number of H-pyrrole nitrogens is 1. The highest BCUT2D eigenvalue weighted by Crippen LogP contribution is 2.21. The van der Waals surface area contributed by atoms with Crippen LogP contribution in [0.4, 0.5) is 0 Å². The van der Waals surface area contributed by atoms with Crippen LogP contribution in [0.2, 0.25) is 0 Å². The lowest BCUT2D eigenvalue weighted by molar-refractivity contribution is -0.140. The van der Waals surface area contributed by atoms with Crippen LogP contribution in [0.25, 0.3) is 11.0 Å². The van der Waals surface area contributed by atoms with Gasteiger partial charge in [-0.05, 0) is 25.0 Å². The number of fused-ring (bicyclic) bond motifs is 1. The fourth-order valence-corrected chi connectivity index (χ4v) is 3.07. The van der Waals surface area contributed by atoms with Gasteiger partial charge in [0.05, 0.1) is 17.5 Å². The molecular formula is C15H17N3O4. The van der Waals surface area contributed by atoms with E-state index in [-0.39, 0.29) is 30.6 Å². The number of hydrogen-bond donors (Lipinski definition) is 2. The molecule has 2 aromatic rings. The molecule has 1 fully saturated rings. The summed E-state index contributed by atoms with van der Waals surface area (Å²) in [6.07, 6.45) is 1.45. The van der Waals surface area contributed by atoms with Gasteiger partial charge < -0.3 is 15.0 Å². The zero-order chi connectivity index (χ0) is 15.7. The Morgan fingerprint density at radius 2 is 2.09 bits per heavy atom. The van der Waals surface area contributed by atoms with Gasteiger partial charge in [0.2, 0.25) is 5.91 Å². The molecular weight excluding hydrogens is 286 g/mol. The standard InChI is InChI=1S/C15H17N3O4/c19-13(17-7-3-4-10(17)8-14(20)21)9-18-12-6-2-1-5-11(12)16-15(18)22/h1-2,5-6,10H,3-4,7-9H2,(H,16,22)(H,20,21). The van der Waals surface area contributed by atoms with E-state index in [1.807, 2.05) is 6.07 Å². The van der Waals surface area contributed by atoms with Crippen molar-refractivity contribution in [3.8, 4) is 0 Å². The van der Waals surface area contributed by atoms with Crippen LogP contribution < -0.4 is 5.69 Å². The van der Waals surface area contributed by atoms with E-state index in [2.05, 4.69) is 4.98 Å². The molecule has 0 saturated carbocycles. The number of aliphatic carboxylic acids is 1. The molecule has 7 nitrogen and oxygen atoms in total. The number of hydrogen-bond acceptors (Lipinski definition) is 3. The molecule has 2 N–H and O–H groups in total. The van der Waals surface area contributed by atoms with E-state index in [4.69, 9.17) is 5.11 Å². The fraction of sp³-hybridized carbons (Fsp3) is 0.400. The lowest BCUT2D eigenvalue weighted by atomic mass is 10.1. The predicted octanol–water partition coefficient (Wildman–Crippen LogP) is 0.795. The van der Waals surface area contributed by atoms with E-state index >= 15 is 0 Å². The number of aromatic amines is 1. The number of benzene rings is 1.